The van der Waals surface area contributed by atoms with Crippen LogP contribution in [0.4, 0.5) is 0 Å². The molecule has 0 spiro atoms. The van der Waals surface area contributed by atoms with Crippen molar-refractivity contribution in [3.05, 3.63) is 48.0 Å². The molecule has 0 aliphatic heterocycles. The fourth-order valence-electron chi connectivity index (χ4n) is 0.915. The van der Waals surface area contributed by atoms with Crippen LogP contribution in [0, 0.1) is 0 Å². The maximum Gasteiger partial charge on any atom is 2.00 e. The third-order valence-corrected chi connectivity index (χ3v) is 1.64. The van der Waals surface area contributed by atoms with E-state index in [1.807, 2.05) is 0 Å². The number of carboxylic acids is 2. The second-order valence-electron chi connectivity index (χ2n) is 2.74. The van der Waals surface area contributed by atoms with E-state index in [1.165, 1.54) is 24.5 Å². The van der Waals surface area contributed by atoms with Gasteiger partial charge < -0.3 is 29.8 Å². The molecule has 2 aromatic heterocycles. The molecule has 0 unspecified atom stereocenters. The van der Waals surface area contributed by atoms with Crippen molar-refractivity contribution < 1.29 is 39.3 Å². The molecule has 0 fully saturated rings. The molecule has 0 aliphatic rings. The largest absolute Gasteiger partial charge is 2.00 e. The average Bonchev–Trinajstić information content (AvgIpc) is 2.93. The van der Waals surface area contributed by atoms with Crippen molar-refractivity contribution in [3.63, 3.8) is 0 Å². The molecule has 0 amide bonds. The topological polar surface area (TPSA) is 112 Å². The van der Waals surface area contributed by atoms with Crippen LogP contribution in [0.5, 0.6) is 0 Å². The molecule has 0 atom stereocenters. The van der Waals surface area contributed by atoms with Crippen molar-refractivity contribution in [2.75, 3.05) is 0 Å². The number of aromatic amines is 2. The Kier molecular flexibility index (Phi) is 6.59. The second kappa shape index (κ2) is 7.41. The first kappa shape index (κ1) is 15.1. The van der Waals surface area contributed by atoms with Gasteiger partial charge >= 0.3 is 19.5 Å². The average molecular weight is 286 g/mol. The van der Waals surface area contributed by atoms with Crippen LogP contribution < -0.4 is 10.2 Å². The number of rotatable bonds is 2. The zero-order valence-corrected chi connectivity index (χ0v) is 11.8. The van der Waals surface area contributed by atoms with Gasteiger partial charge in [-0.25, -0.2) is 0 Å². The summed E-state index contributed by atoms with van der Waals surface area (Å²) in [7, 11) is 0. The Balaban J connectivity index is 0.000000284. The summed E-state index contributed by atoms with van der Waals surface area (Å²) < 4.78 is 0. The molecular weight excluding hydrogens is 278 g/mol. The molecule has 2 heterocycles. The maximum atomic E-state index is 9.92. The summed E-state index contributed by atoms with van der Waals surface area (Å²) in [6, 6.07) is 6.08. The third-order valence-electron chi connectivity index (χ3n) is 1.64. The molecule has 0 saturated carbocycles. The number of carbonyl (C=O) groups excluding carboxylic acids is 2. The van der Waals surface area contributed by atoms with Crippen molar-refractivity contribution in [1.82, 2.24) is 9.97 Å². The SMILES string of the molecule is O=C([O-])c1ccc[nH]1.O=C([O-])c1ccc[nH]1.[Zn+2]. The zero-order valence-electron chi connectivity index (χ0n) is 8.80. The summed E-state index contributed by atoms with van der Waals surface area (Å²) in [5.74, 6) is -2.34. The Hall–Kier alpha value is -1.88. The molecule has 0 radical (unpaired) electrons. The predicted octanol–water partition coefficient (Wildman–Crippen LogP) is -1.25. The molecule has 7 heteroatoms. The summed E-state index contributed by atoms with van der Waals surface area (Å²) in [6.07, 6.45) is 3.07. The van der Waals surface area contributed by atoms with E-state index in [0.29, 0.717) is 0 Å². The van der Waals surface area contributed by atoms with Crippen LogP contribution in [0.1, 0.15) is 21.0 Å². The number of carbonyl (C=O) groups is 2. The first-order chi connectivity index (χ1) is 7.61. The van der Waals surface area contributed by atoms with Gasteiger partial charge in [-0.2, -0.15) is 0 Å². The first-order valence-corrected chi connectivity index (χ1v) is 4.30. The van der Waals surface area contributed by atoms with Crippen LogP contribution in [-0.2, 0) is 19.5 Å². The Bertz CT molecular complexity index is 406. The van der Waals surface area contributed by atoms with Crippen LogP contribution in [-0.4, -0.2) is 21.9 Å². The zero-order chi connectivity index (χ0) is 12.0. The molecule has 17 heavy (non-hydrogen) atoms. The normalized spacial score (nSPS) is 8.47. The minimum Gasteiger partial charge on any atom is -0.543 e. The number of nitrogens with one attached hydrogen (secondary N) is 2. The third kappa shape index (κ3) is 5.13. The molecule has 0 saturated heterocycles. The molecular formula is C10H8N2O4Zn. The van der Waals surface area contributed by atoms with Gasteiger partial charge in [0.1, 0.15) is 0 Å². The van der Waals surface area contributed by atoms with Gasteiger partial charge in [-0.3, -0.25) is 0 Å². The molecule has 0 aliphatic carbocycles. The van der Waals surface area contributed by atoms with E-state index in [4.69, 9.17) is 0 Å². The summed E-state index contributed by atoms with van der Waals surface area (Å²) in [6.45, 7) is 0. The van der Waals surface area contributed by atoms with E-state index < -0.39 is 11.9 Å². The summed E-state index contributed by atoms with van der Waals surface area (Å²) in [4.78, 5) is 24.8. The smallest absolute Gasteiger partial charge is 0.543 e. The monoisotopic (exact) mass is 284 g/mol. The van der Waals surface area contributed by atoms with E-state index in [9.17, 15) is 19.8 Å². The van der Waals surface area contributed by atoms with Crippen LogP contribution in [0.3, 0.4) is 0 Å². The van der Waals surface area contributed by atoms with E-state index in [1.54, 1.807) is 12.1 Å². The van der Waals surface area contributed by atoms with Crippen LogP contribution in [0.25, 0.3) is 0 Å². The van der Waals surface area contributed by atoms with E-state index >= 15 is 0 Å². The second-order valence-corrected chi connectivity index (χ2v) is 2.74. The quantitative estimate of drug-likeness (QED) is 0.672. The van der Waals surface area contributed by atoms with Crippen molar-refractivity contribution in [2.24, 2.45) is 0 Å². The van der Waals surface area contributed by atoms with Crippen molar-refractivity contribution in [3.8, 4) is 0 Å². The molecule has 0 aromatic carbocycles. The summed E-state index contributed by atoms with van der Waals surface area (Å²) >= 11 is 0. The van der Waals surface area contributed by atoms with E-state index in [2.05, 4.69) is 9.97 Å². The molecule has 2 N–H and O–H groups in total. The van der Waals surface area contributed by atoms with Gasteiger partial charge in [-0.05, 0) is 24.3 Å². The Labute approximate surface area is 109 Å². The number of hydrogen-bond acceptors (Lipinski definition) is 4. The summed E-state index contributed by atoms with van der Waals surface area (Å²) in [5, 5.41) is 19.8. The van der Waals surface area contributed by atoms with Gasteiger partial charge in [-0.1, -0.05) is 0 Å². The van der Waals surface area contributed by atoms with E-state index in [-0.39, 0.29) is 30.9 Å². The fraction of sp³-hybridized carbons (Fsp3) is 0. The van der Waals surface area contributed by atoms with Gasteiger partial charge in [0.15, 0.2) is 0 Å². The number of hydrogen-bond donors (Lipinski definition) is 2. The molecule has 0 bridgehead atoms. The predicted molar refractivity (Wildman–Crippen MR) is 50.2 cm³/mol. The van der Waals surface area contributed by atoms with Crippen LogP contribution in [0.15, 0.2) is 36.7 Å². The number of H-pyrrole nitrogens is 2. The Morgan fingerprint density at radius 1 is 0.882 bits per heavy atom. The van der Waals surface area contributed by atoms with E-state index in [0.717, 1.165) is 0 Å². The van der Waals surface area contributed by atoms with Gasteiger partial charge in [0, 0.05) is 12.4 Å². The van der Waals surface area contributed by atoms with Crippen LogP contribution >= 0.6 is 0 Å². The minimum atomic E-state index is -1.17. The van der Waals surface area contributed by atoms with Crippen molar-refractivity contribution >= 4 is 11.9 Å². The van der Waals surface area contributed by atoms with Gasteiger partial charge in [0.25, 0.3) is 0 Å². The molecule has 2 rings (SSSR count). The Morgan fingerprint density at radius 3 is 1.35 bits per heavy atom. The molecule has 6 nitrogen and oxygen atoms in total. The van der Waals surface area contributed by atoms with Crippen molar-refractivity contribution in [1.29, 1.82) is 0 Å². The van der Waals surface area contributed by atoms with Crippen LogP contribution in [0.2, 0.25) is 0 Å². The fourth-order valence-corrected chi connectivity index (χ4v) is 0.915. The maximum absolute atomic E-state index is 9.92. The number of aromatic nitrogens is 2. The van der Waals surface area contributed by atoms with Gasteiger partial charge in [-0.15, -0.1) is 0 Å². The minimum absolute atomic E-state index is 0. The first-order valence-electron chi connectivity index (χ1n) is 4.30. The molecule has 84 valence electrons. The Morgan fingerprint density at radius 2 is 1.24 bits per heavy atom. The number of aromatic carboxylic acids is 2. The standard InChI is InChI=1S/2C5H5NO2.Zn/c2*7-5(8)4-2-1-3-6-4;/h2*1-3,6H,(H,7,8);/q;;+2/p-2. The van der Waals surface area contributed by atoms with Crippen molar-refractivity contribution in [2.45, 2.75) is 0 Å². The van der Waals surface area contributed by atoms with Gasteiger partial charge in [0.05, 0.1) is 23.3 Å². The number of carboxylic acid groups (broad SMARTS) is 2. The van der Waals surface area contributed by atoms with Gasteiger partial charge in [0.2, 0.25) is 0 Å². The molecule has 2 aromatic rings. The summed E-state index contributed by atoms with van der Waals surface area (Å²) in [5.41, 5.74) is 0.231.